The Labute approximate surface area is 254 Å². The van der Waals surface area contributed by atoms with Crippen molar-refractivity contribution < 1.29 is 19.1 Å². The number of ether oxygens (including phenoxy) is 1. The standard InChI is InChI=1S/C34H41N5O4/c1-5-38-29-13-12-27(23-30(29)36(4)32(41)34(2,3)33(38)42)43-22-8-19-37(24-25-15-17-35-18-16-25)20-21-39-28-10-7-6-9-26(28)11-14-31(39)40/h6-7,9-10,12-13,15-18,23H,5,8,11,14,19-22,24H2,1-4H3. The van der Waals surface area contributed by atoms with E-state index in [4.69, 9.17) is 4.74 Å². The maximum atomic E-state index is 13.2. The van der Waals surface area contributed by atoms with Gasteiger partial charge in [-0.2, -0.15) is 0 Å². The average Bonchev–Trinajstić information content (AvgIpc) is 3.07. The molecule has 2 aromatic carbocycles. The van der Waals surface area contributed by atoms with Gasteiger partial charge in [0.15, 0.2) is 0 Å². The molecule has 3 heterocycles. The predicted octanol–water partition coefficient (Wildman–Crippen LogP) is 4.69. The summed E-state index contributed by atoms with van der Waals surface area (Å²) in [5.41, 5.74) is 3.62. The topological polar surface area (TPSA) is 86.3 Å². The first-order valence-corrected chi connectivity index (χ1v) is 15.1. The highest BCUT2D eigenvalue weighted by molar-refractivity contribution is 6.20. The molecule has 0 bridgehead atoms. The monoisotopic (exact) mass is 583 g/mol. The number of amides is 3. The fraction of sp³-hybridized carbons (Fsp3) is 0.412. The van der Waals surface area contributed by atoms with Crippen LogP contribution in [-0.4, -0.2) is 67.4 Å². The molecule has 3 amide bonds. The van der Waals surface area contributed by atoms with Crippen molar-refractivity contribution in [1.29, 1.82) is 0 Å². The van der Waals surface area contributed by atoms with Gasteiger partial charge in [0.2, 0.25) is 17.7 Å². The van der Waals surface area contributed by atoms with E-state index in [1.165, 1.54) is 5.56 Å². The van der Waals surface area contributed by atoms with Crippen molar-refractivity contribution >= 4 is 34.8 Å². The highest BCUT2D eigenvalue weighted by Crippen LogP contribution is 2.40. The van der Waals surface area contributed by atoms with Crippen LogP contribution < -0.4 is 19.4 Å². The van der Waals surface area contributed by atoms with E-state index in [9.17, 15) is 14.4 Å². The molecule has 0 aliphatic carbocycles. The molecule has 0 atom stereocenters. The smallest absolute Gasteiger partial charge is 0.242 e. The highest BCUT2D eigenvalue weighted by Gasteiger charge is 2.45. The lowest BCUT2D eigenvalue weighted by atomic mass is 9.90. The minimum absolute atomic E-state index is 0.171. The van der Waals surface area contributed by atoms with Gasteiger partial charge in [0.1, 0.15) is 11.2 Å². The molecule has 5 rings (SSSR count). The maximum Gasteiger partial charge on any atom is 0.242 e. The third kappa shape index (κ3) is 6.41. The Morgan fingerprint density at radius 3 is 2.42 bits per heavy atom. The molecule has 226 valence electrons. The molecule has 0 saturated carbocycles. The van der Waals surface area contributed by atoms with Crippen molar-refractivity contribution in [2.24, 2.45) is 5.41 Å². The summed E-state index contributed by atoms with van der Waals surface area (Å²) in [6, 6.07) is 17.8. The molecular weight excluding hydrogens is 542 g/mol. The summed E-state index contributed by atoms with van der Waals surface area (Å²) < 4.78 is 6.16. The van der Waals surface area contributed by atoms with Crippen LogP contribution in [0, 0.1) is 5.41 Å². The van der Waals surface area contributed by atoms with Gasteiger partial charge in [0, 0.05) is 70.3 Å². The number of carbonyl (C=O) groups is 3. The van der Waals surface area contributed by atoms with Gasteiger partial charge in [-0.25, -0.2) is 0 Å². The van der Waals surface area contributed by atoms with Gasteiger partial charge in [-0.15, -0.1) is 0 Å². The van der Waals surface area contributed by atoms with Crippen molar-refractivity contribution in [3.05, 3.63) is 78.1 Å². The van der Waals surface area contributed by atoms with Gasteiger partial charge < -0.3 is 19.4 Å². The first kappa shape index (κ1) is 30.2. The van der Waals surface area contributed by atoms with Crippen molar-refractivity contribution in [2.45, 2.75) is 46.6 Å². The maximum absolute atomic E-state index is 13.2. The van der Waals surface area contributed by atoms with E-state index in [1.54, 1.807) is 43.1 Å². The summed E-state index contributed by atoms with van der Waals surface area (Å²) in [5.74, 6) is 0.374. The number of benzene rings is 2. The summed E-state index contributed by atoms with van der Waals surface area (Å²) in [4.78, 5) is 50.8. The number of aryl methyl sites for hydroxylation is 1. The first-order valence-electron chi connectivity index (χ1n) is 15.1. The second-order valence-corrected chi connectivity index (χ2v) is 11.7. The predicted molar refractivity (Wildman–Crippen MR) is 168 cm³/mol. The number of hydrogen-bond donors (Lipinski definition) is 0. The van der Waals surface area contributed by atoms with Crippen LogP contribution in [0.4, 0.5) is 17.1 Å². The van der Waals surface area contributed by atoms with Gasteiger partial charge in [0.05, 0.1) is 18.0 Å². The molecule has 2 aliphatic heterocycles. The second kappa shape index (κ2) is 13.0. The van der Waals surface area contributed by atoms with Crippen LogP contribution in [0.15, 0.2) is 67.0 Å². The van der Waals surface area contributed by atoms with Gasteiger partial charge >= 0.3 is 0 Å². The van der Waals surface area contributed by atoms with E-state index in [0.29, 0.717) is 43.2 Å². The highest BCUT2D eigenvalue weighted by atomic mass is 16.5. The number of pyridine rings is 1. The Balaban J connectivity index is 1.24. The minimum Gasteiger partial charge on any atom is -0.493 e. The van der Waals surface area contributed by atoms with Gasteiger partial charge in [-0.05, 0) is 75.1 Å². The number of nitrogens with zero attached hydrogens (tertiary/aromatic N) is 5. The van der Waals surface area contributed by atoms with E-state index in [1.807, 2.05) is 60.4 Å². The molecule has 1 aromatic heterocycles. The van der Waals surface area contributed by atoms with Gasteiger partial charge in [0.25, 0.3) is 0 Å². The molecule has 0 unspecified atom stereocenters. The summed E-state index contributed by atoms with van der Waals surface area (Å²) in [7, 11) is 1.71. The first-order chi connectivity index (χ1) is 20.7. The average molecular weight is 584 g/mol. The van der Waals surface area contributed by atoms with Gasteiger partial charge in [-0.1, -0.05) is 18.2 Å². The largest absolute Gasteiger partial charge is 0.493 e. The molecule has 0 N–H and O–H groups in total. The molecule has 2 aliphatic rings. The summed E-state index contributed by atoms with van der Waals surface area (Å²) >= 11 is 0. The molecule has 3 aromatic rings. The Morgan fingerprint density at radius 2 is 1.65 bits per heavy atom. The second-order valence-electron chi connectivity index (χ2n) is 11.7. The fourth-order valence-corrected chi connectivity index (χ4v) is 5.95. The zero-order chi connectivity index (χ0) is 30.6. The van der Waals surface area contributed by atoms with Crippen molar-refractivity contribution in [2.75, 3.05) is 54.5 Å². The molecule has 9 nitrogen and oxygen atoms in total. The molecule has 0 saturated heterocycles. The van der Waals surface area contributed by atoms with Crippen LogP contribution in [0.1, 0.15) is 44.7 Å². The minimum atomic E-state index is -1.15. The zero-order valence-corrected chi connectivity index (χ0v) is 25.6. The summed E-state index contributed by atoms with van der Waals surface area (Å²) in [6.07, 6.45) is 5.71. The van der Waals surface area contributed by atoms with Crippen LogP contribution in [0.3, 0.4) is 0 Å². The third-order valence-corrected chi connectivity index (χ3v) is 8.41. The van der Waals surface area contributed by atoms with Crippen LogP contribution in [0.25, 0.3) is 0 Å². The van der Waals surface area contributed by atoms with E-state index in [-0.39, 0.29) is 17.7 Å². The molecule has 0 fully saturated rings. The number of fused-ring (bicyclic) bond motifs is 2. The number of rotatable bonds is 11. The van der Waals surface area contributed by atoms with Crippen LogP contribution in [0.5, 0.6) is 5.75 Å². The molecule has 43 heavy (non-hydrogen) atoms. The Kier molecular flexibility index (Phi) is 9.11. The molecule has 9 heteroatoms. The number of carbonyl (C=O) groups excluding carboxylic acids is 3. The summed E-state index contributed by atoms with van der Waals surface area (Å²) in [6.45, 7) is 9.09. The van der Waals surface area contributed by atoms with Crippen molar-refractivity contribution in [1.82, 2.24) is 9.88 Å². The lowest BCUT2D eigenvalue weighted by Crippen LogP contribution is -2.47. The third-order valence-electron chi connectivity index (χ3n) is 8.41. The SMILES string of the molecule is CCN1C(=O)C(C)(C)C(=O)N(C)c2cc(OCCCN(CCN3C(=O)CCc4ccccc43)Cc3ccncc3)ccc21. The van der Waals surface area contributed by atoms with Crippen molar-refractivity contribution in [3.63, 3.8) is 0 Å². The summed E-state index contributed by atoms with van der Waals surface area (Å²) in [5, 5.41) is 0. The van der Waals surface area contributed by atoms with E-state index >= 15 is 0 Å². The molecule has 0 spiro atoms. The normalized spacial score (nSPS) is 16.3. The zero-order valence-electron chi connectivity index (χ0n) is 25.6. The Morgan fingerprint density at radius 1 is 0.884 bits per heavy atom. The van der Waals surface area contributed by atoms with E-state index in [2.05, 4.69) is 16.0 Å². The quantitative estimate of drug-likeness (QED) is 0.241. The van der Waals surface area contributed by atoms with Gasteiger partial charge in [-0.3, -0.25) is 24.3 Å². The Hall–Kier alpha value is -4.24. The number of hydrogen-bond acceptors (Lipinski definition) is 6. The van der Waals surface area contributed by atoms with Crippen LogP contribution in [0.2, 0.25) is 0 Å². The lowest BCUT2D eigenvalue weighted by molar-refractivity contribution is -0.137. The number of anilines is 3. The molecular formula is C34H41N5O4. The Bertz CT molecular complexity index is 1470. The van der Waals surface area contributed by atoms with E-state index < -0.39 is 5.41 Å². The van der Waals surface area contributed by atoms with E-state index in [0.717, 1.165) is 43.7 Å². The fourth-order valence-electron chi connectivity index (χ4n) is 5.95. The molecule has 0 radical (unpaired) electrons. The van der Waals surface area contributed by atoms with Crippen LogP contribution in [-0.2, 0) is 27.3 Å². The van der Waals surface area contributed by atoms with Crippen molar-refractivity contribution in [3.8, 4) is 5.75 Å². The van der Waals surface area contributed by atoms with Crippen LogP contribution >= 0.6 is 0 Å². The lowest BCUT2D eigenvalue weighted by Gasteiger charge is -2.32. The number of para-hydroxylation sites is 1. The number of aromatic nitrogens is 1.